The van der Waals surface area contributed by atoms with Crippen molar-refractivity contribution < 1.29 is 0 Å². The van der Waals surface area contributed by atoms with Crippen molar-refractivity contribution in [1.82, 2.24) is 9.13 Å². The molecule has 2 aromatic heterocycles. The Kier molecular flexibility index (Phi) is 6.36. The van der Waals surface area contributed by atoms with Crippen LogP contribution in [0.15, 0.2) is 169 Å². The maximum absolute atomic E-state index is 4.10. The molecule has 0 bridgehead atoms. The van der Waals surface area contributed by atoms with E-state index in [2.05, 4.69) is 185 Å². The second-order valence-electron chi connectivity index (χ2n) is 12.1. The highest BCUT2D eigenvalue weighted by Gasteiger charge is 2.16. The van der Waals surface area contributed by atoms with Crippen molar-refractivity contribution in [2.45, 2.75) is 6.54 Å². The lowest BCUT2D eigenvalue weighted by Gasteiger charge is -2.12. The van der Waals surface area contributed by atoms with Crippen molar-refractivity contribution in [3.05, 3.63) is 169 Å². The third kappa shape index (κ3) is 4.47. The number of hydrogen-bond donors (Lipinski definition) is 0. The molecule has 0 unspecified atom stereocenters. The Morgan fingerprint density at radius 1 is 0.383 bits per heavy atom. The minimum Gasteiger partial charge on any atom is -0.309 e. The monoisotopic (exact) mass is 601 g/mol. The van der Waals surface area contributed by atoms with Crippen molar-refractivity contribution in [1.29, 1.82) is 0 Å². The van der Waals surface area contributed by atoms with Gasteiger partial charge in [0.05, 0.1) is 28.6 Å². The molecule has 0 saturated heterocycles. The first-order chi connectivity index (χ1) is 23.3. The van der Waals surface area contributed by atoms with Gasteiger partial charge in [-0.3, -0.25) is 4.99 Å². The molecule has 0 N–H and O–H groups in total. The van der Waals surface area contributed by atoms with E-state index in [1.807, 2.05) is 0 Å². The minimum absolute atomic E-state index is 0.613. The fraction of sp³-hybridized carbons (Fsp3) is 0.0227. The van der Waals surface area contributed by atoms with E-state index in [9.17, 15) is 0 Å². The van der Waals surface area contributed by atoms with Gasteiger partial charge in [0.25, 0.3) is 0 Å². The highest BCUT2D eigenvalue weighted by Crippen LogP contribution is 2.38. The van der Waals surface area contributed by atoms with Crippen molar-refractivity contribution in [3.63, 3.8) is 0 Å². The Balaban J connectivity index is 1.21. The van der Waals surface area contributed by atoms with Gasteiger partial charge in [-0.2, -0.15) is 0 Å². The largest absolute Gasteiger partial charge is 0.309 e. The molecule has 0 aliphatic heterocycles. The summed E-state index contributed by atoms with van der Waals surface area (Å²) in [6, 6.07) is 59.3. The van der Waals surface area contributed by atoms with Crippen LogP contribution in [0.3, 0.4) is 0 Å². The zero-order valence-electron chi connectivity index (χ0n) is 25.8. The Bertz CT molecular complexity index is 2620. The van der Waals surface area contributed by atoms with Gasteiger partial charge >= 0.3 is 0 Å². The van der Waals surface area contributed by atoms with Crippen molar-refractivity contribution in [2.75, 3.05) is 0 Å². The molecule has 0 radical (unpaired) electrons. The molecule has 47 heavy (non-hydrogen) atoms. The summed E-state index contributed by atoms with van der Waals surface area (Å²) >= 11 is 0. The maximum Gasteiger partial charge on any atom is 0.0632 e. The second-order valence-corrected chi connectivity index (χ2v) is 12.1. The highest BCUT2D eigenvalue weighted by atomic mass is 15.0. The SMILES string of the molecule is C=NCc1cccc(-c2ccc3c4ccccc4n(-c4cccc(-c5ccc6c(c5)c5ccccc5n6-c5ccccc5)c4)c3c2)c1. The summed E-state index contributed by atoms with van der Waals surface area (Å²) in [5.74, 6) is 0. The van der Waals surface area contributed by atoms with Gasteiger partial charge in [-0.05, 0) is 95.2 Å². The topological polar surface area (TPSA) is 22.2 Å². The lowest BCUT2D eigenvalue weighted by molar-refractivity contribution is 1.08. The van der Waals surface area contributed by atoms with E-state index in [0.717, 1.165) is 11.3 Å². The predicted molar refractivity (Wildman–Crippen MR) is 199 cm³/mol. The summed E-state index contributed by atoms with van der Waals surface area (Å²) in [5.41, 5.74) is 13.0. The first-order valence-corrected chi connectivity index (χ1v) is 16.0. The van der Waals surface area contributed by atoms with E-state index in [4.69, 9.17) is 0 Å². The number of benzene rings is 7. The lowest BCUT2D eigenvalue weighted by atomic mass is 10.0. The molecule has 0 spiro atoms. The molecule has 9 rings (SSSR count). The van der Waals surface area contributed by atoms with Gasteiger partial charge in [-0.1, -0.05) is 103 Å². The van der Waals surface area contributed by atoms with Gasteiger partial charge in [0.1, 0.15) is 0 Å². The average molecular weight is 602 g/mol. The highest BCUT2D eigenvalue weighted by molar-refractivity contribution is 6.11. The zero-order chi connectivity index (χ0) is 31.3. The van der Waals surface area contributed by atoms with Gasteiger partial charge in [0, 0.05) is 32.9 Å². The molecule has 0 aliphatic carbocycles. The predicted octanol–water partition coefficient (Wildman–Crippen LogP) is 11.4. The summed E-state index contributed by atoms with van der Waals surface area (Å²) in [6.45, 7) is 4.30. The first kappa shape index (κ1) is 27.1. The van der Waals surface area contributed by atoms with Crippen LogP contribution in [0.5, 0.6) is 0 Å². The summed E-state index contributed by atoms with van der Waals surface area (Å²) in [4.78, 5) is 4.10. The fourth-order valence-electron chi connectivity index (χ4n) is 7.24. The van der Waals surface area contributed by atoms with Crippen LogP contribution in [-0.4, -0.2) is 15.9 Å². The lowest BCUT2D eigenvalue weighted by Crippen LogP contribution is -1.95. The van der Waals surface area contributed by atoms with E-state index in [1.54, 1.807) is 0 Å². The molecule has 3 heteroatoms. The van der Waals surface area contributed by atoms with E-state index < -0.39 is 0 Å². The second kappa shape index (κ2) is 11.0. The molecule has 222 valence electrons. The molecular formula is C44H31N3. The van der Waals surface area contributed by atoms with Gasteiger partial charge in [0.2, 0.25) is 0 Å². The van der Waals surface area contributed by atoms with Gasteiger partial charge in [-0.15, -0.1) is 0 Å². The van der Waals surface area contributed by atoms with Gasteiger partial charge in [-0.25, -0.2) is 0 Å². The molecule has 2 heterocycles. The first-order valence-electron chi connectivity index (χ1n) is 16.0. The molecule has 0 atom stereocenters. The van der Waals surface area contributed by atoms with Crippen LogP contribution < -0.4 is 0 Å². The quantitative estimate of drug-likeness (QED) is 0.169. The zero-order valence-corrected chi connectivity index (χ0v) is 25.8. The van der Waals surface area contributed by atoms with E-state index in [1.165, 1.54) is 71.6 Å². The van der Waals surface area contributed by atoms with Crippen LogP contribution in [0.4, 0.5) is 0 Å². The van der Waals surface area contributed by atoms with E-state index >= 15 is 0 Å². The smallest absolute Gasteiger partial charge is 0.0632 e. The molecule has 0 saturated carbocycles. The van der Waals surface area contributed by atoms with Crippen LogP contribution in [-0.2, 0) is 6.54 Å². The normalized spacial score (nSPS) is 11.6. The number of aliphatic imine (C=N–C) groups is 1. The Hall–Kier alpha value is -6.19. The van der Waals surface area contributed by atoms with Crippen LogP contribution in [0.1, 0.15) is 5.56 Å². The molecule has 0 fully saturated rings. The van der Waals surface area contributed by atoms with Gasteiger partial charge < -0.3 is 9.13 Å². The number of hydrogen-bond acceptors (Lipinski definition) is 1. The molecule has 0 amide bonds. The van der Waals surface area contributed by atoms with Crippen molar-refractivity contribution >= 4 is 50.3 Å². The minimum atomic E-state index is 0.613. The Morgan fingerprint density at radius 3 is 1.72 bits per heavy atom. The number of aromatic nitrogens is 2. The Labute approximate surface area is 273 Å². The van der Waals surface area contributed by atoms with E-state index in [0.29, 0.717) is 6.54 Å². The third-order valence-electron chi connectivity index (χ3n) is 9.35. The summed E-state index contributed by atoms with van der Waals surface area (Å²) in [5, 5.41) is 5.00. The third-order valence-corrected chi connectivity index (χ3v) is 9.35. The van der Waals surface area contributed by atoms with Crippen molar-refractivity contribution in [3.8, 4) is 33.6 Å². The average Bonchev–Trinajstić information content (AvgIpc) is 3.64. The molecule has 7 aromatic carbocycles. The number of rotatable bonds is 6. The van der Waals surface area contributed by atoms with Crippen molar-refractivity contribution in [2.24, 2.45) is 4.99 Å². The molecule has 9 aromatic rings. The number of nitrogens with zero attached hydrogens (tertiary/aromatic N) is 3. The van der Waals surface area contributed by atoms with Crippen LogP contribution >= 0.6 is 0 Å². The van der Waals surface area contributed by atoms with Crippen LogP contribution in [0.25, 0.3) is 77.2 Å². The van der Waals surface area contributed by atoms with Crippen LogP contribution in [0, 0.1) is 0 Å². The fourth-order valence-corrected chi connectivity index (χ4v) is 7.24. The summed E-state index contributed by atoms with van der Waals surface area (Å²) in [7, 11) is 0. The molecule has 0 aliphatic rings. The molecule has 3 nitrogen and oxygen atoms in total. The Morgan fingerprint density at radius 2 is 0.936 bits per heavy atom. The summed E-state index contributed by atoms with van der Waals surface area (Å²) < 4.78 is 4.77. The van der Waals surface area contributed by atoms with E-state index in [-0.39, 0.29) is 0 Å². The number of para-hydroxylation sites is 3. The van der Waals surface area contributed by atoms with Gasteiger partial charge in [0.15, 0.2) is 0 Å². The maximum atomic E-state index is 4.10. The number of fused-ring (bicyclic) bond motifs is 6. The summed E-state index contributed by atoms with van der Waals surface area (Å²) in [6.07, 6.45) is 0. The molecular weight excluding hydrogens is 571 g/mol. The standard InChI is InChI=1S/C44H31N3/c1-45-29-30-11-9-12-31(25-30)34-21-23-39-37-17-5-7-19-41(37)47(44(39)28-34)36-16-10-13-32(26-36)33-22-24-43-40(27-33)38-18-6-8-20-42(38)46(43)35-14-3-2-4-15-35/h2-28H,1,29H2. The van der Waals surface area contributed by atoms with Crippen LogP contribution in [0.2, 0.25) is 0 Å².